The summed E-state index contributed by atoms with van der Waals surface area (Å²) in [4.78, 5) is 0. The molecule has 2 N–H and O–H groups in total. The van der Waals surface area contributed by atoms with Gasteiger partial charge in [0.05, 0.1) is 0 Å². The predicted molar refractivity (Wildman–Crippen MR) is 19.7 cm³/mol. The van der Waals surface area contributed by atoms with Crippen LogP contribution in [0.25, 0.3) is 0 Å². The van der Waals surface area contributed by atoms with Gasteiger partial charge in [-0.15, -0.1) is 0 Å². The molecule has 0 saturated heterocycles. The molecule has 0 amide bonds. The van der Waals surface area contributed by atoms with Crippen molar-refractivity contribution in [1.82, 2.24) is 0 Å². The first kappa shape index (κ1) is 8.90. The van der Waals surface area contributed by atoms with E-state index in [1.807, 2.05) is 0 Å². The van der Waals surface area contributed by atoms with Crippen molar-refractivity contribution in [3.05, 3.63) is 0 Å². The molecule has 0 aromatic heterocycles. The molecule has 0 spiro atoms. The van der Waals surface area contributed by atoms with E-state index in [4.69, 9.17) is 5.26 Å². The second-order valence-electron chi connectivity index (χ2n) is 0.129. The quantitative estimate of drug-likeness (QED) is 0.337. The molecule has 0 unspecified atom stereocenters. The molecule has 0 aliphatic heterocycles. The fourth-order valence-corrected chi connectivity index (χ4v) is 0. The van der Waals surface area contributed by atoms with Crippen LogP contribution in [0.4, 0.5) is 0 Å². The Morgan fingerprint density at radius 2 is 1.75 bits per heavy atom. The van der Waals surface area contributed by atoms with E-state index < -0.39 is 0 Å². The van der Waals surface area contributed by atoms with Crippen LogP contribution in [0.3, 0.4) is 0 Å². The zero-order chi connectivity index (χ0) is 2.71. The van der Waals surface area contributed by atoms with E-state index in [9.17, 15) is 0 Å². The van der Waals surface area contributed by atoms with Gasteiger partial charge in [0.2, 0.25) is 0 Å². The molecular formula is CH5InN2. The molecule has 0 aliphatic carbocycles. The molecule has 0 radical (unpaired) electrons. The van der Waals surface area contributed by atoms with Crippen molar-refractivity contribution in [3.63, 3.8) is 0 Å². The molecule has 0 bridgehead atoms. The van der Waals surface area contributed by atoms with Gasteiger partial charge in [-0.3, -0.25) is 0 Å². The first-order valence-electron chi connectivity index (χ1n) is 0.512. The summed E-state index contributed by atoms with van der Waals surface area (Å²) in [6, 6.07) is 0. The van der Waals surface area contributed by atoms with Crippen LogP contribution in [-0.2, 0) is 0 Å². The Balaban J connectivity index is 0. The van der Waals surface area contributed by atoms with Gasteiger partial charge in [0, 0.05) is 0 Å². The van der Waals surface area contributed by atoms with Crippen LogP contribution in [-0.4, -0.2) is 25.8 Å². The van der Waals surface area contributed by atoms with Crippen LogP contribution in [0, 0.1) is 11.5 Å². The number of hydrogen-bond donors (Lipinski definition) is 1. The molecule has 0 heterocycles. The molecule has 0 aromatic carbocycles. The summed E-state index contributed by atoms with van der Waals surface area (Å²) in [6.45, 7) is 0. The Morgan fingerprint density at radius 1 is 1.75 bits per heavy atom. The van der Waals surface area contributed by atoms with Crippen LogP contribution in [0.5, 0.6) is 0 Å². The van der Waals surface area contributed by atoms with Crippen LogP contribution < -0.4 is 5.73 Å². The predicted octanol–water partition coefficient (Wildman–Crippen LogP) is -1.76. The van der Waals surface area contributed by atoms with Crippen molar-refractivity contribution in [2.45, 2.75) is 0 Å². The van der Waals surface area contributed by atoms with Gasteiger partial charge in [0.25, 0.3) is 0 Å². The second kappa shape index (κ2) is 11.0. The van der Waals surface area contributed by atoms with Gasteiger partial charge in [0.15, 0.2) is 6.19 Å². The molecular weight excluding hydrogens is 155 g/mol. The van der Waals surface area contributed by atoms with Crippen LogP contribution in [0.2, 0.25) is 0 Å². The minimum atomic E-state index is 0. The summed E-state index contributed by atoms with van der Waals surface area (Å²) in [6.07, 6.45) is 1.25. The van der Waals surface area contributed by atoms with Crippen LogP contribution in [0.15, 0.2) is 0 Å². The zero-order valence-electron chi connectivity index (χ0n) is 1.52. The van der Waals surface area contributed by atoms with Crippen molar-refractivity contribution < 1.29 is 0 Å². The molecule has 0 rings (SSSR count). The van der Waals surface area contributed by atoms with E-state index >= 15 is 0 Å². The van der Waals surface area contributed by atoms with E-state index in [0.29, 0.717) is 0 Å². The van der Waals surface area contributed by atoms with Gasteiger partial charge in [-0.05, 0) is 0 Å². The van der Waals surface area contributed by atoms with Gasteiger partial charge in [-0.2, -0.15) is 5.26 Å². The normalized spacial score (nSPS) is 1.75. The van der Waals surface area contributed by atoms with Gasteiger partial charge in [-0.25, -0.2) is 0 Å². The molecule has 0 fully saturated rings. The summed E-state index contributed by atoms with van der Waals surface area (Å²) in [7, 11) is 0. The summed E-state index contributed by atoms with van der Waals surface area (Å²) >= 11 is 0. The van der Waals surface area contributed by atoms with E-state index in [1.54, 1.807) is 0 Å². The Morgan fingerprint density at radius 3 is 1.75 bits per heavy atom. The fourth-order valence-electron chi connectivity index (χ4n) is 0. The molecule has 2 nitrogen and oxygen atoms in total. The molecule has 0 saturated carbocycles. The molecule has 22 valence electrons. The van der Waals surface area contributed by atoms with Gasteiger partial charge in [-0.1, -0.05) is 0 Å². The van der Waals surface area contributed by atoms with Gasteiger partial charge in [0.1, 0.15) is 0 Å². The Labute approximate surface area is 43.4 Å². The topological polar surface area (TPSA) is 49.8 Å². The first-order valence-corrected chi connectivity index (χ1v) is 0.512. The van der Waals surface area contributed by atoms with Gasteiger partial charge < -0.3 is 5.73 Å². The molecule has 0 aliphatic rings. The summed E-state index contributed by atoms with van der Waals surface area (Å²) in [5.41, 5.74) is 4.15. The summed E-state index contributed by atoms with van der Waals surface area (Å²) in [5.74, 6) is 0. The average molecular weight is 160 g/mol. The second-order valence-corrected chi connectivity index (χ2v) is 0.129. The van der Waals surface area contributed by atoms with Crippen molar-refractivity contribution in [2.24, 2.45) is 5.73 Å². The Kier molecular flexibility index (Phi) is 24.4. The number of rotatable bonds is 0. The minimum absolute atomic E-state index is 0. The van der Waals surface area contributed by atoms with Crippen molar-refractivity contribution >= 4 is 25.8 Å². The first-order chi connectivity index (χ1) is 1.41. The number of nitrogens with zero attached hydrogens (tertiary/aromatic N) is 1. The number of nitrogens with two attached hydrogens (primary N) is 1. The third-order valence-corrected chi connectivity index (χ3v) is 0. The van der Waals surface area contributed by atoms with Crippen molar-refractivity contribution in [1.29, 1.82) is 5.26 Å². The maximum absolute atomic E-state index is 7.10. The molecule has 0 aromatic rings. The third kappa shape index (κ3) is 113. The molecule has 4 heavy (non-hydrogen) atoms. The van der Waals surface area contributed by atoms with E-state index in [2.05, 4.69) is 5.73 Å². The Hall–Kier alpha value is 0.160. The van der Waals surface area contributed by atoms with E-state index in [1.165, 1.54) is 6.19 Å². The van der Waals surface area contributed by atoms with Crippen molar-refractivity contribution in [2.75, 3.05) is 0 Å². The SMILES string of the molecule is N#CN.[InH3]. The number of nitriles is 1. The molecule has 0 atom stereocenters. The van der Waals surface area contributed by atoms with Crippen LogP contribution in [0.1, 0.15) is 0 Å². The average Bonchev–Trinajstić information content (AvgIpc) is 0.918. The molecule has 3 heteroatoms. The van der Waals surface area contributed by atoms with Crippen molar-refractivity contribution in [3.8, 4) is 6.19 Å². The van der Waals surface area contributed by atoms with Crippen LogP contribution >= 0.6 is 0 Å². The van der Waals surface area contributed by atoms with Gasteiger partial charge >= 0.3 is 25.8 Å². The number of hydrogen-bond acceptors (Lipinski definition) is 2. The zero-order valence-corrected chi connectivity index (χ0v) is 1.52. The van der Waals surface area contributed by atoms with E-state index in [0.717, 1.165) is 0 Å². The Bertz CT molecular complexity index is 27.5. The monoisotopic (exact) mass is 160 g/mol. The summed E-state index contributed by atoms with van der Waals surface area (Å²) in [5, 5.41) is 7.10. The summed E-state index contributed by atoms with van der Waals surface area (Å²) < 4.78 is 0. The standard InChI is InChI=1S/CH2N2.In.3H/c2-1-3;;;;/h2H2;;;;. The third-order valence-electron chi connectivity index (χ3n) is 0. The fraction of sp³-hybridized carbons (Fsp3) is 0. The maximum atomic E-state index is 7.10. The van der Waals surface area contributed by atoms with E-state index in [-0.39, 0.29) is 25.8 Å².